The molecular formula is C24H19BrCl2N4O2S2. The summed E-state index contributed by atoms with van der Waals surface area (Å²) >= 11 is 22.7. The van der Waals surface area contributed by atoms with Crippen molar-refractivity contribution in [3.63, 3.8) is 0 Å². The van der Waals surface area contributed by atoms with E-state index in [4.69, 9.17) is 40.2 Å². The summed E-state index contributed by atoms with van der Waals surface area (Å²) in [5, 5.41) is 12.8. The van der Waals surface area contributed by atoms with Crippen LogP contribution in [0.1, 0.15) is 22.8 Å². The standard InChI is InChI=1S/C24H19BrCl2N4O2S2/c1-2-33-23(32)17-11-20(14-6-4-3-5-7-14)35-22(17)29-24(34)28-21-18(25)13-31(30-21)12-15-8-9-16(26)10-19(15)27/h3-11,13H,2,12H2,1H3,(H2,28,29,30,34). The van der Waals surface area contributed by atoms with E-state index in [0.717, 1.165) is 16.0 Å². The summed E-state index contributed by atoms with van der Waals surface area (Å²) in [6.07, 6.45) is 1.82. The number of ether oxygens (including phenoxy) is 1. The third kappa shape index (κ3) is 6.42. The number of anilines is 2. The minimum atomic E-state index is -0.415. The zero-order chi connectivity index (χ0) is 24.9. The van der Waals surface area contributed by atoms with Gasteiger partial charge in [-0.05, 0) is 64.4 Å². The Morgan fingerprint density at radius 2 is 1.94 bits per heavy atom. The number of benzene rings is 2. The number of hydrogen-bond acceptors (Lipinski definition) is 5. The topological polar surface area (TPSA) is 68.2 Å². The first-order chi connectivity index (χ1) is 16.8. The highest BCUT2D eigenvalue weighted by Crippen LogP contribution is 2.36. The van der Waals surface area contributed by atoms with Crippen LogP contribution in [-0.4, -0.2) is 27.5 Å². The molecule has 180 valence electrons. The number of halogens is 3. The van der Waals surface area contributed by atoms with Crippen LogP contribution in [0.2, 0.25) is 10.0 Å². The number of hydrogen-bond donors (Lipinski definition) is 2. The molecule has 35 heavy (non-hydrogen) atoms. The van der Waals surface area contributed by atoms with Crippen LogP contribution in [0.15, 0.2) is 65.3 Å². The van der Waals surface area contributed by atoms with Crippen molar-refractivity contribution in [2.75, 3.05) is 17.2 Å². The maximum atomic E-state index is 12.6. The number of thiophene rings is 1. The summed E-state index contributed by atoms with van der Waals surface area (Å²) in [7, 11) is 0. The predicted octanol–water partition coefficient (Wildman–Crippen LogP) is 7.71. The van der Waals surface area contributed by atoms with Crippen molar-refractivity contribution in [2.45, 2.75) is 13.5 Å². The molecule has 0 saturated heterocycles. The van der Waals surface area contributed by atoms with Crippen LogP contribution >= 0.6 is 62.7 Å². The van der Waals surface area contributed by atoms with Crippen LogP contribution in [-0.2, 0) is 11.3 Å². The zero-order valence-corrected chi connectivity index (χ0v) is 23.1. The molecule has 4 rings (SSSR count). The molecule has 0 atom stereocenters. The van der Waals surface area contributed by atoms with Gasteiger partial charge in [-0.1, -0.05) is 59.6 Å². The molecule has 2 N–H and O–H groups in total. The van der Waals surface area contributed by atoms with E-state index in [0.29, 0.717) is 37.4 Å². The molecule has 2 aromatic carbocycles. The van der Waals surface area contributed by atoms with Crippen LogP contribution in [0, 0.1) is 0 Å². The highest BCUT2D eigenvalue weighted by molar-refractivity contribution is 9.10. The Bertz CT molecular complexity index is 1380. The largest absolute Gasteiger partial charge is 0.462 e. The Balaban J connectivity index is 1.51. The molecule has 0 saturated carbocycles. The third-order valence-electron chi connectivity index (χ3n) is 4.81. The molecule has 0 aliphatic rings. The van der Waals surface area contributed by atoms with Gasteiger partial charge < -0.3 is 15.4 Å². The van der Waals surface area contributed by atoms with Gasteiger partial charge >= 0.3 is 5.97 Å². The van der Waals surface area contributed by atoms with Gasteiger partial charge in [0.05, 0.1) is 23.2 Å². The highest BCUT2D eigenvalue weighted by atomic mass is 79.9. The number of aromatic nitrogens is 2. The number of rotatable bonds is 7. The first-order valence-corrected chi connectivity index (χ1v) is 13.2. The molecule has 0 spiro atoms. The van der Waals surface area contributed by atoms with E-state index in [2.05, 4.69) is 31.7 Å². The zero-order valence-electron chi connectivity index (χ0n) is 18.3. The lowest BCUT2D eigenvalue weighted by Gasteiger charge is -2.09. The molecule has 0 fully saturated rings. The molecule has 0 aliphatic carbocycles. The average molecular weight is 610 g/mol. The first kappa shape index (κ1) is 25.7. The fourth-order valence-electron chi connectivity index (χ4n) is 3.22. The van der Waals surface area contributed by atoms with E-state index in [-0.39, 0.29) is 11.7 Å². The summed E-state index contributed by atoms with van der Waals surface area (Å²) < 4.78 is 7.68. The number of carbonyl (C=O) groups is 1. The van der Waals surface area contributed by atoms with E-state index >= 15 is 0 Å². The Hall–Kier alpha value is -2.43. The number of esters is 1. The van der Waals surface area contributed by atoms with Crippen LogP contribution in [0.3, 0.4) is 0 Å². The van der Waals surface area contributed by atoms with Crippen LogP contribution in [0.4, 0.5) is 10.8 Å². The molecular weight excluding hydrogens is 591 g/mol. The second-order valence-electron chi connectivity index (χ2n) is 7.28. The van der Waals surface area contributed by atoms with Crippen molar-refractivity contribution in [3.05, 3.63) is 86.4 Å². The molecule has 0 amide bonds. The number of nitrogens with one attached hydrogen (secondary N) is 2. The molecule has 0 radical (unpaired) electrons. The van der Waals surface area contributed by atoms with E-state index in [1.807, 2.05) is 48.7 Å². The average Bonchev–Trinajstić information content (AvgIpc) is 3.39. The maximum absolute atomic E-state index is 12.6. The van der Waals surface area contributed by atoms with Gasteiger partial charge in [0, 0.05) is 21.1 Å². The van der Waals surface area contributed by atoms with Crippen LogP contribution in [0.5, 0.6) is 0 Å². The van der Waals surface area contributed by atoms with E-state index in [1.54, 1.807) is 23.7 Å². The van der Waals surface area contributed by atoms with E-state index < -0.39 is 5.97 Å². The number of thiocarbonyl (C=S) groups is 1. The fourth-order valence-corrected chi connectivity index (χ4v) is 5.42. The lowest BCUT2D eigenvalue weighted by atomic mass is 10.1. The van der Waals surface area contributed by atoms with Crippen molar-refractivity contribution >= 4 is 84.6 Å². The minimum Gasteiger partial charge on any atom is -0.462 e. The smallest absolute Gasteiger partial charge is 0.341 e. The predicted molar refractivity (Wildman–Crippen MR) is 151 cm³/mol. The molecule has 4 aromatic rings. The van der Waals surface area contributed by atoms with Gasteiger partial charge in [0.15, 0.2) is 10.9 Å². The van der Waals surface area contributed by atoms with Gasteiger partial charge in [0.25, 0.3) is 0 Å². The number of carbonyl (C=O) groups excluding carboxylic acids is 1. The monoisotopic (exact) mass is 608 g/mol. The Kier molecular flexibility index (Phi) is 8.46. The highest BCUT2D eigenvalue weighted by Gasteiger charge is 2.20. The normalized spacial score (nSPS) is 10.7. The van der Waals surface area contributed by atoms with Crippen molar-refractivity contribution in [1.29, 1.82) is 0 Å². The summed E-state index contributed by atoms with van der Waals surface area (Å²) in [6.45, 7) is 2.50. The van der Waals surface area contributed by atoms with Crippen molar-refractivity contribution in [1.82, 2.24) is 9.78 Å². The van der Waals surface area contributed by atoms with Crippen molar-refractivity contribution in [2.24, 2.45) is 0 Å². The molecule has 2 heterocycles. The fraction of sp³-hybridized carbons (Fsp3) is 0.125. The van der Waals surface area contributed by atoms with Crippen LogP contribution < -0.4 is 10.6 Å². The Labute approximate surface area is 230 Å². The maximum Gasteiger partial charge on any atom is 0.341 e. The Morgan fingerprint density at radius 1 is 1.17 bits per heavy atom. The van der Waals surface area contributed by atoms with Gasteiger partial charge in [0.1, 0.15) is 5.00 Å². The second-order valence-corrected chi connectivity index (χ2v) is 10.4. The van der Waals surface area contributed by atoms with Crippen molar-refractivity contribution in [3.8, 4) is 10.4 Å². The molecule has 2 aromatic heterocycles. The van der Waals surface area contributed by atoms with Gasteiger partial charge in [-0.15, -0.1) is 11.3 Å². The van der Waals surface area contributed by atoms with Gasteiger partial charge in [0.2, 0.25) is 0 Å². The summed E-state index contributed by atoms with van der Waals surface area (Å²) in [5.41, 5.74) is 2.29. The molecule has 0 aliphatic heterocycles. The Morgan fingerprint density at radius 3 is 2.66 bits per heavy atom. The summed E-state index contributed by atoms with van der Waals surface area (Å²) in [5.74, 6) is 0.103. The minimum absolute atomic E-state index is 0.277. The van der Waals surface area contributed by atoms with E-state index in [9.17, 15) is 4.79 Å². The quantitative estimate of drug-likeness (QED) is 0.165. The van der Waals surface area contributed by atoms with Gasteiger partial charge in [-0.3, -0.25) is 4.68 Å². The lowest BCUT2D eigenvalue weighted by Crippen LogP contribution is -2.20. The SMILES string of the molecule is CCOC(=O)c1cc(-c2ccccc2)sc1NC(=S)Nc1nn(Cc2ccc(Cl)cc2Cl)cc1Br. The number of nitrogens with zero attached hydrogens (tertiary/aromatic N) is 2. The van der Waals surface area contributed by atoms with Gasteiger partial charge in [-0.25, -0.2) is 4.79 Å². The second kappa shape index (κ2) is 11.5. The summed E-state index contributed by atoms with van der Waals surface area (Å²) in [6, 6.07) is 17.0. The van der Waals surface area contributed by atoms with Gasteiger partial charge in [-0.2, -0.15) is 5.10 Å². The molecule has 0 unspecified atom stereocenters. The molecule has 0 bridgehead atoms. The molecule has 6 nitrogen and oxygen atoms in total. The van der Waals surface area contributed by atoms with Crippen LogP contribution in [0.25, 0.3) is 10.4 Å². The lowest BCUT2D eigenvalue weighted by molar-refractivity contribution is 0.0528. The third-order valence-corrected chi connectivity index (χ3v) is 7.28. The van der Waals surface area contributed by atoms with E-state index in [1.165, 1.54) is 11.3 Å². The first-order valence-electron chi connectivity index (χ1n) is 10.4. The summed E-state index contributed by atoms with van der Waals surface area (Å²) in [4.78, 5) is 13.5. The van der Waals surface area contributed by atoms with Crippen molar-refractivity contribution < 1.29 is 9.53 Å². The molecule has 11 heteroatoms.